The van der Waals surface area contributed by atoms with E-state index in [0.717, 1.165) is 40.8 Å². The summed E-state index contributed by atoms with van der Waals surface area (Å²) in [5, 5.41) is 0.890. The SMILES string of the molecule is Cc1ccc2c3c(ccc2n1)OC[C@H](CN(C(=O)OCCCN1CCc2ccc(F)cc21)C(C)(C)C)O3. The largest absolute Gasteiger partial charge is 0.486 e. The van der Waals surface area contributed by atoms with Crippen molar-refractivity contribution in [3.63, 3.8) is 0 Å². The molecule has 0 fully saturated rings. The Morgan fingerprint density at radius 1 is 1.22 bits per heavy atom. The number of ether oxygens (including phenoxy) is 3. The first-order valence-corrected chi connectivity index (χ1v) is 12.9. The lowest BCUT2D eigenvalue weighted by molar-refractivity contribution is 0.0202. The third kappa shape index (κ3) is 5.43. The minimum Gasteiger partial charge on any atom is -0.486 e. The highest BCUT2D eigenvalue weighted by Crippen LogP contribution is 2.38. The molecule has 1 amide bonds. The van der Waals surface area contributed by atoms with Crippen LogP contribution in [-0.4, -0.2) is 60.5 Å². The van der Waals surface area contributed by atoms with Crippen molar-refractivity contribution in [1.29, 1.82) is 0 Å². The van der Waals surface area contributed by atoms with Gasteiger partial charge in [-0.15, -0.1) is 0 Å². The number of anilines is 1. The predicted molar refractivity (Wildman–Crippen MR) is 141 cm³/mol. The quantitative estimate of drug-likeness (QED) is 0.410. The molecule has 2 aromatic carbocycles. The number of benzene rings is 2. The van der Waals surface area contributed by atoms with Gasteiger partial charge in [-0.3, -0.25) is 9.88 Å². The summed E-state index contributed by atoms with van der Waals surface area (Å²) in [6, 6.07) is 12.7. The molecule has 0 radical (unpaired) electrons. The Morgan fingerprint density at radius 3 is 2.86 bits per heavy atom. The summed E-state index contributed by atoms with van der Waals surface area (Å²) < 4.78 is 31.7. The lowest BCUT2D eigenvalue weighted by Gasteiger charge is -2.38. The highest BCUT2D eigenvalue weighted by Gasteiger charge is 2.33. The highest BCUT2D eigenvalue weighted by molar-refractivity contribution is 5.88. The number of aromatic nitrogens is 1. The smallest absolute Gasteiger partial charge is 0.410 e. The van der Waals surface area contributed by atoms with Crippen molar-refractivity contribution in [2.24, 2.45) is 0 Å². The lowest BCUT2D eigenvalue weighted by atomic mass is 10.1. The maximum Gasteiger partial charge on any atom is 0.410 e. The molecule has 2 aliphatic rings. The minimum absolute atomic E-state index is 0.228. The monoisotopic (exact) mass is 507 g/mol. The predicted octanol–water partition coefficient (Wildman–Crippen LogP) is 5.51. The standard InChI is InChI=1S/C29H34FN3O4/c1-19-6-9-23-24(31-19)10-11-26-27(23)37-22(18-36-26)17-33(29(2,3)4)28(34)35-15-5-13-32-14-12-20-7-8-21(30)16-25(20)32/h6-11,16,22H,5,12-15,17-18H2,1-4H3/t22-/m0/s1. The van der Waals surface area contributed by atoms with Gasteiger partial charge in [-0.25, -0.2) is 9.18 Å². The molecule has 196 valence electrons. The van der Waals surface area contributed by atoms with Gasteiger partial charge in [-0.2, -0.15) is 0 Å². The molecule has 0 saturated heterocycles. The van der Waals surface area contributed by atoms with Crippen LogP contribution in [0.25, 0.3) is 10.9 Å². The van der Waals surface area contributed by atoms with Crippen molar-refractivity contribution in [2.75, 3.05) is 37.7 Å². The van der Waals surface area contributed by atoms with Crippen LogP contribution in [0, 0.1) is 12.7 Å². The first kappa shape index (κ1) is 25.1. The number of hydrogen-bond acceptors (Lipinski definition) is 6. The molecule has 0 bridgehead atoms. The summed E-state index contributed by atoms with van der Waals surface area (Å²) in [5.74, 6) is 1.11. The fraction of sp³-hybridized carbons (Fsp3) is 0.448. The topological polar surface area (TPSA) is 64.1 Å². The highest BCUT2D eigenvalue weighted by atomic mass is 19.1. The molecule has 2 aliphatic heterocycles. The number of carbonyl (C=O) groups is 1. The molecule has 7 nitrogen and oxygen atoms in total. The van der Waals surface area contributed by atoms with E-state index in [-0.39, 0.29) is 24.6 Å². The molecule has 5 rings (SSSR count). The Kier molecular flexibility index (Phi) is 6.84. The number of fused-ring (bicyclic) bond motifs is 4. The van der Waals surface area contributed by atoms with Crippen molar-refractivity contribution in [3.8, 4) is 11.5 Å². The van der Waals surface area contributed by atoms with Crippen molar-refractivity contribution < 1.29 is 23.4 Å². The van der Waals surface area contributed by atoms with Crippen LogP contribution in [0.3, 0.4) is 0 Å². The Hall–Kier alpha value is -3.55. The number of rotatable bonds is 6. The normalized spacial score (nSPS) is 16.6. The van der Waals surface area contributed by atoms with E-state index in [1.165, 1.54) is 6.07 Å². The van der Waals surface area contributed by atoms with Gasteiger partial charge >= 0.3 is 6.09 Å². The van der Waals surface area contributed by atoms with Gasteiger partial charge in [-0.1, -0.05) is 6.07 Å². The molecule has 0 spiro atoms. The molecule has 1 aromatic heterocycles. The molecule has 0 unspecified atom stereocenters. The van der Waals surface area contributed by atoms with Crippen LogP contribution in [0.2, 0.25) is 0 Å². The number of pyridine rings is 1. The van der Waals surface area contributed by atoms with E-state index in [9.17, 15) is 9.18 Å². The van der Waals surface area contributed by atoms with E-state index in [2.05, 4.69) is 9.88 Å². The molecule has 3 aromatic rings. The molecule has 3 heterocycles. The molecular weight excluding hydrogens is 473 g/mol. The Morgan fingerprint density at radius 2 is 2.05 bits per heavy atom. The molecule has 37 heavy (non-hydrogen) atoms. The zero-order valence-corrected chi connectivity index (χ0v) is 21.9. The summed E-state index contributed by atoms with van der Waals surface area (Å²) in [6.45, 7) is 10.4. The molecule has 0 saturated carbocycles. The number of amides is 1. The maximum absolute atomic E-state index is 13.7. The second kappa shape index (κ2) is 10.1. The molecule has 0 N–H and O–H groups in total. The van der Waals surface area contributed by atoms with Crippen LogP contribution in [-0.2, 0) is 11.2 Å². The number of carbonyl (C=O) groups excluding carboxylic acids is 1. The summed E-state index contributed by atoms with van der Waals surface area (Å²) in [5.41, 5.74) is 3.41. The third-order valence-corrected chi connectivity index (χ3v) is 6.89. The van der Waals surface area contributed by atoms with Gasteiger partial charge in [0, 0.05) is 35.4 Å². The van der Waals surface area contributed by atoms with E-state index >= 15 is 0 Å². The number of nitrogens with zero attached hydrogens (tertiary/aromatic N) is 3. The van der Waals surface area contributed by atoms with Crippen molar-refractivity contribution in [3.05, 3.63) is 59.5 Å². The van der Waals surface area contributed by atoms with E-state index in [4.69, 9.17) is 14.2 Å². The van der Waals surface area contributed by atoms with E-state index < -0.39 is 5.54 Å². The minimum atomic E-state index is -0.469. The average molecular weight is 508 g/mol. The fourth-order valence-corrected chi connectivity index (χ4v) is 4.94. The van der Waals surface area contributed by atoms with Gasteiger partial charge in [-0.05, 0) is 82.5 Å². The van der Waals surface area contributed by atoms with E-state index in [1.807, 2.05) is 58.0 Å². The second-order valence-corrected chi connectivity index (χ2v) is 10.7. The van der Waals surface area contributed by atoms with Crippen molar-refractivity contribution in [1.82, 2.24) is 9.88 Å². The Bertz CT molecular complexity index is 1310. The molecule has 0 aliphatic carbocycles. The molecule has 8 heteroatoms. The van der Waals surface area contributed by atoms with Gasteiger partial charge < -0.3 is 19.1 Å². The summed E-state index contributed by atoms with van der Waals surface area (Å²) >= 11 is 0. The average Bonchev–Trinajstić information content (AvgIpc) is 3.25. The van der Waals surface area contributed by atoms with Crippen LogP contribution >= 0.6 is 0 Å². The summed E-state index contributed by atoms with van der Waals surface area (Å²) in [6.07, 6.45) is 0.839. The van der Waals surface area contributed by atoms with Crippen LogP contribution in [0.15, 0.2) is 42.5 Å². The van der Waals surface area contributed by atoms with Crippen LogP contribution < -0.4 is 14.4 Å². The zero-order valence-electron chi connectivity index (χ0n) is 21.9. The van der Waals surface area contributed by atoms with Gasteiger partial charge in [0.05, 0.1) is 18.7 Å². The first-order valence-electron chi connectivity index (χ1n) is 12.9. The van der Waals surface area contributed by atoms with Crippen molar-refractivity contribution >= 4 is 22.7 Å². The van der Waals surface area contributed by atoms with Crippen molar-refractivity contribution in [2.45, 2.75) is 52.2 Å². The maximum atomic E-state index is 13.7. The lowest BCUT2D eigenvalue weighted by Crippen LogP contribution is -2.52. The number of hydrogen-bond donors (Lipinski definition) is 0. The number of aryl methyl sites for hydroxylation is 1. The van der Waals surface area contributed by atoms with Crippen LogP contribution in [0.1, 0.15) is 38.4 Å². The first-order chi connectivity index (χ1) is 17.7. The Balaban J connectivity index is 1.19. The second-order valence-electron chi connectivity index (χ2n) is 10.7. The third-order valence-electron chi connectivity index (χ3n) is 6.89. The summed E-state index contributed by atoms with van der Waals surface area (Å²) in [4.78, 5) is 21.6. The van der Waals surface area contributed by atoms with E-state index in [1.54, 1.807) is 11.0 Å². The molecular formula is C29H34FN3O4. The zero-order chi connectivity index (χ0) is 26.2. The van der Waals surface area contributed by atoms with Crippen LogP contribution in [0.5, 0.6) is 11.5 Å². The molecule has 1 atom stereocenters. The van der Waals surface area contributed by atoms with Gasteiger partial charge in [0.15, 0.2) is 17.6 Å². The van der Waals surface area contributed by atoms with E-state index in [0.29, 0.717) is 37.6 Å². The Labute approximate surface area is 217 Å². The van der Waals surface area contributed by atoms with Gasteiger partial charge in [0.1, 0.15) is 12.4 Å². The number of halogens is 1. The summed E-state index contributed by atoms with van der Waals surface area (Å²) in [7, 11) is 0. The van der Waals surface area contributed by atoms with Gasteiger partial charge in [0.2, 0.25) is 0 Å². The van der Waals surface area contributed by atoms with Crippen LogP contribution in [0.4, 0.5) is 14.9 Å². The van der Waals surface area contributed by atoms with Gasteiger partial charge in [0.25, 0.3) is 0 Å². The fourth-order valence-electron chi connectivity index (χ4n) is 4.94.